The van der Waals surface area contributed by atoms with Gasteiger partial charge in [-0.15, -0.1) is 0 Å². The monoisotopic (exact) mass is 348 g/mol. The maximum atomic E-state index is 12.6. The van der Waals surface area contributed by atoms with Gasteiger partial charge in [0.05, 0.1) is 0 Å². The first-order valence-electron chi connectivity index (χ1n) is 8.06. The second-order valence-electron chi connectivity index (χ2n) is 6.15. The highest BCUT2D eigenvalue weighted by atomic mass is 32.2. The topological polar surface area (TPSA) is 86.7 Å². The van der Waals surface area contributed by atoms with E-state index in [0.29, 0.717) is 37.1 Å². The van der Waals surface area contributed by atoms with Crippen molar-refractivity contribution in [3.05, 3.63) is 29.8 Å². The van der Waals surface area contributed by atoms with Crippen molar-refractivity contribution in [2.24, 2.45) is 0 Å². The predicted octanol–water partition coefficient (Wildman–Crippen LogP) is 1.89. The number of carboxylic acids is 1. The zero-order valence-electron chi connectivity index (χ0n) is 13.3. The summed E-state index contributed by atoms with van der Waals surface area (Å²) in [7, 11) is 0. The van der Waals surface area contributed by atoms with Gasteiger partial charge in [0.15, 0.2) is 0 Å². The normalized spacial score (nSPS) is 20.0. The van der Waals surface area contributed by atoms with Crippen molar-refractivity contribution >= 4 is 35.2 Å². The Morgan fingerprint density at radius 1 is 1.25 bits per heavy atom. The summed E-state index contributed by atoms with van der Waals surface area (Å²) in [5.74, 6) is 0.0998. The van der Waals surface area contributed by atoms with Crippen molar-refractivity contribution in [3.63, 3.8) is 0 Å². The third-order valence-corrected chi connectivity index (χ3v) is 5.59. The van der Waals surface area contributed by atoms with Crippen LogP contribution in [-0.4, -0.2) is 46.5 Å². The summed E-state index contributed by atoms with van der Waals surface area (Å²) in [6.45, 7) is 0.653. The number of nitrogens with one attached hydrogen (secondary N) is 1. The number of carbonyl (C=O) groups excluding carboxylic acids is 2. The first-order chi connectivity index (χ1) is 11.5. The fourth-order valence-electron chi connectivity index (χ4n) is 3.14. The Morgan fingerprint density at radius 2 is 2.00 bits per heavy atom. The van der Waals surface area contributed by atoms with Crippen LogP contribution in [-0.2, 0) is 9.59 Å². The number of carboxylic acid groups (broad SMARTS) is 1. The summed E-state index contributed by atoms with van der Waals surface area (Å²) in [5, 5.41) is 12.3. The van der Waals surface area contributed by atoms with Gasteiger partial charge in [0.2, 0.25) is 5.91 Å². The lowest BCUT2D eigenvalue weighted by Gasteiger charge is -2.33. The maximum Gasteiger partial charge on any atom is 0.329 e. The van der Waals surface area contributed by atoms with Crippen LogP contribution >= 0.6 is 11.8 Å². The second kappa shape index (κ2) is 6.84. The van der Waals surface area contributed by atoms with Gasteiger partial charge >= 0.3 is 5.97 Å². The summed E-state index contributed by atoms with van der Waals surface area (Å²) in [6, 6.07) is 6.82. The molecule has 0 aromatic heterocycles. The molecule has 0 bridgehead atoms. The molecule has 2 aliphatic heterocycles. The third kappa shape index (κ3) is 3.26. The molecule has 2 saturated heterocycles. The zero-order chi connectivity index (χ0) is 17.2. The fraction of sp³-hybridized carbons (Fsp3) is 0.471. The first kappa shape index (κ1) is 16.8. The maximum absolute atomic E-state index is 12.6. The molecule has 0 saturated carbocycles. The molecular weight excluding hydrogens is 328 g/mol. The highest BCUT2D eigenvalue weighted by molar-refractivity contribution is 7.99. The number of nitrogens with zero attached hydrogens (tertiary/aromatic N) is 1. The van der Waals surface area contributed by atoms with E-state index in [1.54, 1.807) is 40.9 Å². The quantitative estimate of drug-likeness (QED) is 0.868. The molecule has 6 nitrogen and oxygen atoms in total. The summed E-state index contributed by atoms with van der Waals surface area (Å²) in [4.78, 5) is 37.8. The Labute approximate surface area is 144 Å². The minimum absolute atomic E-state index is 0.0545. The van der Waals surface area contributed by atoms with Crippen LogP contribution in [0.1, 0.15) is 36.0 Å². The summed E-state index contributed by atoms with van der Waals surface area (Å²) in [5.41, 5.74) is -0.123. The van der Waals surface area contributed by atoms with Crippen LogP contribution in [0.3, 0.4) is 0 Å². The molecule has 24 heavy (non-hydrogen) atoms. The van der Waals surface area contributed by atoms with Gasteiger partial charge in [0, 0.05) is 24.2 Å². The molecule has 2 N–H and O–H groups in total. The lowest BCUT2D eigenvalue weighted by molar-refractivity contribution is -0.144. The molecule has 0 atom stereocenters. The number of carbonyl (C=O) groups is 3. The summed E-state index contributed by atoms with van der Waals surface area (Å²) >= 11 is 1.70. The van der Waals surface area contributed by atoms with Gasteiger partial charge in [-0.3, -0.25) is 9.59 Å². The van der Waals surface area contributed by atoms with E-state index in [4.69, 9.17) is 0 Å². The van der Waals surface area contributed by atoms with E-state index < -0.39 is 17.4 Å². The van der Waals surface area contributed by atoms with Gasteiger partial charge in [-0.2, -0.15) is 11.8 Å². The Kier molecular flexibility index (Phi) is 4.80. The lowest BCUT2D eigenvalue weighted by Crippen LogP contribution is -2.56. The number of thioether (sulfide) groups is 1. The second-order valence-corrected chi connectivity index (χ2v) is 7.38. The Hall–Kier alpha value is -2.02. The average Bonchev–Trinajstić information content (AvgIpc) is 3.02. The van der Waals surface area contributed by atoms with Crippen LogP contribution in [0.5, 0.6) is 0 Å². The van der Waals surface area contributed by atoms with Gasteiger partial charge in [-0.25, -0.2) is 4.79 Å². The summed E-state index contributed by atoms with van der Waals surface area (Å²) in [6.07, 6.45) is 2.18. The molecule has 0 spiro atoms. The number of amides is 2. The van der Waals surface area contributed by atoms with Crippen LogP contribution in [0, 0.1) is 0 Å². The van der Waals surface area contributed by atoms with E-state index in [9.17, 15) is 19.5 Å². The van der Waals surface area contributed by atoms with E-state index in [1.165, 1.54) is 0 Å². The average molecular weight is 348 g/mol. The third-order valence-electron chi connectivity index (χ3n) is 4.60. The van der Waals surface area contributed by atoms with Crippen LogP contribution in [0.25, 0.3) is 0 Å². The van der Waals surface area contributed by atoms with E-state index in [1.807, 2.05) is 0 Å². The SMILES string of the molecule is O=C(NC1(C(=O)O)CCSCC1)c1cccc(N2CCCC2=O)c1. The van der Waals surface area contributed by atoms with E-state index in [2.05, 4.69) is 5.32 Å². The Balaban J connectivity index is 1.79. The molecule has 1 aromatic rings. The molecule has 0 unspecified atom stereocenters. The van der Waals surface area contributed by atoms with Crippen LogP contribution < -0.4 is 10.2 Å². The van der Waals surface area contributed by atoms with E-state index >= 15 is 0 Å². The molecule has 0 aliphatic carbocycles. The molecule has 128 valence electrons. The number of hydrogen-bond donors (Lipinski definition) is 2. The van der Waals surface area contributed by atoms with Gasteiger partial charge in [0.1, 0.15) is 5.54 Å². The van der Waals surface area contributed by atoms with E-state index in [-0.39, 0.29) is 5.91 Å². The van der Waals surface area contributed by atoms with Crippen molar-refractivity contribution in [3.8, 4) is 0 Å². The Morgan fingerprint density at radius 3 is 2.62 bits per heavy atom. The van der Waals surface area contributed by atoms with Crippen LogP contribution in [0.2, 0.25) is 0 Å². The van der Waals surface area contributed by atoms with E-state index in [0.717, 1.165) is 17.9 Å². The molecule has 2 heterocycles. The molecule has 2 amide bonds. The number of aliphatic carboxylic acids is 1. The molecule has 3 rings (SSSR count). The van der Waals surface area contributed by atoms with Gasteiger partial charge in [-0.05, 0) is 49.0 Å². The highest BCUT2D eigenvalue weighted by Gasteiger charge is 2.41. The lowest BCUT2D eigenvalue weighted by atomic mass is 9.92. The smallest absolute Gasteiger partial charge is 0.329 e. The van der Waals surface area contributed by atoms with Gasteiger partial charge in [-0.1, -0.05) is 6.07 Å². The standard InChI is InChI=1S/C17H20N2O4S/c20-14-5-2-8-19(14)13-4-1-3-12(11-13)15(21)18-17(16(22)23)6-9-24-10-7-17/h1,3-4,11H,2,5-10H2,(H,18,21)(H,22,23). The molecule has 1 aromatic carbocycles. The van der Waals surface area contributed by atoms with Crippen molar-refractivity contribution in [1.82, 2.24) is 5.32 Å². The number of rotatable bonds is 4. The van der Waals surface area contributed by atoms with Crippen molar-refractivity contribution in [2.75, 3.05) is 23.0 Å². The van der Waals surface area contributed by atoms with Crippen LogP contribution in [0.15, 0.2) is 24.3 Å². The molecule has 2 fully saturated rings. The summed E-state index contributed by atoms with van der Waals surface area (Å²) < 4.78 is 0. The van der Waals surface area contributed by atoms with Crippen molar-refractivity contribution in [2.45, 2.75) is 31.2 Å². The fourth-order valence-corrected chi connectivity index (χ4v) is 4.33. The number of anilines is 1. The molecule has 0 radical (unpaired) electrons. The molecule has 7 heteroatoms. The molecular formula is C17H20N2O4S. The Bertz CT molecular complexity index is 670. The minimum atomic E-state index is -1.19. The number of hydrogen-bond acceptors (Lipinski definition) is 4. The first-order valence-corrected chi connectivity index (χ1v) is 9.21. The minimum Gasteiger partial charge on any atom is -0.480 e. The number of benzene rings is 1. The van der Waals surface area contributed by atoms with Crippen LogP contribution in [0.4, 0.5) is 5.69 Å². The van der Waals surface area contributed by atoms with Gasteiger partial charge in [0.25, 0.3) is 5.91 Å². The molecule has 2 aliphatic rings. The van der Waals surface area contributed by atoms with Gasteiger partial charge < -0.3 is 15.3 Å². The van der Waals surface area contributed by atoms with Crippen molar-refractivity contribution in [1.29, 1.82) is 0 Å². The predicted molar refractivity (Wildman–Crippen MR) is 92.4 cm³/mol. The van der Waals surface area contributed by atoms with Crippen molar-refractivity contribution < 1.29 is 19.5 Å². The largest absolute Gasteiger partial charge is 0.480 e. The zero-order valence-corrected chi connectivity index (χ0v) is 14.1. The highest BCUT2D eigenvalue weighted by Crippen LogP contribution is 2.28.